The highest BCUT2D eigenvalue weighted by Crippen LogP contribution is 2.23. The van der Waals surface area contributed by atoms with Crippen LogP contribution in [0.4, 0.5) is 0 Å². The van der Waals surface area contributed by atoms with E-state index in [4.69, 9.17) is 0 Å². The molecule has 2 aliphatic heterocycles. The Balaban J connectivity index is 2.14. The van der Waals surface area contributed by atoms with Gasteiger partial charge in [0.2, 0.25) is 0 Å². The summed E-state index contributed by atoms with van der Waals surface area (Å²) < 4.78 is 0. The lowest BCUT2D eigenvalue weighted by molar-refractivity contribution is -0.114. The Morgan fingerprint density at radius 1 is 1.27 bits per heavy atom. The van der Waals surface area contributed by atoms with Crippen LogP contribution < -0.4 is 0 Å². The summed E-state index contributed by atoms with van der Waals surface area (Å²) in [6.45, 7) is 1.74. The topological polar surface area (TPSA) is 20.3 Å². The molecule has 2 rings (SSSR count). The van der Waals surface area contributed by atoms with E-state index in [2.05, 4.69) is 4.90 Å². The van der Waals surface area contributed by atoms with Crippen molar-refractivity contribution in [1.29, 1.82) is 0 Å². The zero-order chi connectivity index (χ0) is 7.68. The average molecular weight is 151 g/mol. The summed E-state index contributed by atoms with van der Waals surface area (Å²) in [6.07, 6.45) is 6.78. The van der Waals surface area contributed by atoms with Gasteiger partial charge in [-0.25, -0.2) is 0 Å². The first kappa shape index (κ1) is 6.89. The van der Waals surface area contributed by atoms with E-state index >= 15 is 0 Å². The molecule has 2 nitrogen and oxygen atoms in total. The van der Waals surface area contributed by atoms with Gasteiger partial charge in [-0.3, -0.25) is 4.79 Å². The minimum atomic E-state index is 0.293. The molecule has 0 aromatic rings. The molecular formula is C9H13NO. The van der Waals surface area contributed by atoms with Crippen molar-refractivity contribution in [2.75, 3.05) is 13.1 Å². The van der Waals surface area contributed by atoms with Crippen molar-refractivity contribution in [3.05, 3.63) is 11.8 Å². The first-order valence-corrected chi connectivity index (χ1v) is 4.34. The second-order valence-corrected chi connectivity index (χ2v) is 3.33. The Kier molecular flexibility index (Phi) is 1.68. The number of ketones is 1. The average Bonchev–Trinajstić information content (AvgIpc) is 2.17. The van der Waals surface area contributed by atoms with Crippen LogP contribution in [0.25, 0.3) is 0 Å². The highest BCUT2D eigenvalue weighted by molar-refractivity contribution is 5.94. The molecule has 0 atom stereocenters. The lowest BCUT2D eigenvalue weighted by Gasteiger charge is -2.17. The first-order valence-electron chi connectivity index (χ1n) is 4.34. The Hall–Kier alpha value is -0.790. The Labute approximate surface area is 66.9 Å². The normalized spacial score (nSPS) is 24.5. The summed E-state index contributed by atoms with van der Waals surface area (Å²) >= 11 is 0. The van der Waals surface area contributed by atoms with Crippen LogP contribution in [0, 0.1) is 0 Å². The van der Waals surface area contributed by atoms with E-state index in [-0.39, 0.29) is 0 Å². The fourth-order valence-electron chi connectivity index (χ4n) is 1.85. The summed E-state index contributed by atoms with van der Waals surface area (Å²) in [5, 5.41) is 0. The van der Waals surface area contributed by atoms with Crippen molar-refractivity contribution in [3.8, 4) is 0 Å². The lowest BCUT2D eigenvalue weighted by atomic mass is 10.2. The Morgan fingerprint density at radius 3 is 3.09 bits per heavy atom. The molecule has 1 fully saturated rings. The predicted molar refractivity (Wildman–Crippen MR) is 43.1 cm³/mol. The maximum atomic E-state index is 11.0. The van der Waals surface area contributed by atoms with E-state index in [1.165, 1.54) is 25.0 Å². The third-order valence-electron chi connectivity index (χ3n) is 2.44. The Bertz CT molecular complexity index is 208. The summed E-state index contributed by atoms with van der Waals surface area (Å²) in [5.41, 5.74) is 1.28. The third kappa shape index (κ3) is 1.30. The van der Waals surface area contributed by atoms with Gasteiger partial charge in [0, 0.05) is 18.3 Å². The quantitative estimate of drug-likeness (QED) is 0.520. The Morgan fingerprint density at radius 2 is 2.18 bits per heavy atom. The van der Waals surface area contributed by atoms with Gasteiger partial charge in [-0.15, -0.1) is 0 Å². The number of carbonyl (C=O) groups excluding carboxylic acids is 1. The molecule has 0 saturated carbocycles. The number of fused-ring (bicyclic) bond motifs is 1. The third-order valence-corrected chi connectivity index (χ3v) is 2.44. The molecule has 0 unspecified atom stereocenters. The van der Waals surface area contributed by atoms with E-state index in [1.54, 1.807) is 0 Å². The monoisotopic (exact) mass is 151 g/mol. The molecule has 0 N–H and O–H groups in total. The molecule has 2 aliphatic rings. The van der Waals surface area contributed by atoms with Crippen molar-refractivity contribution < 1.29 is 4.79 Å². The van der Waals surface area contributed by atoms with Gasteiger partial charge in [-0.1, -0.05) is 6.42 Å². The van der Waals surface area contributed by atoms with Gasteiger partial charge in [0.25, 0.3) is 0 Å². The fraction of sp³-hybridized carbons (Fsp3) is 0.667. The number of allylic oxidation sites excluding steroid dienone is 1. The van der Waals surface area contributed by atoms with E-state index in [1.807, 2.05) is 6.08 Å². The van der Waals surface area contributed by atoms with Crippen molar-refractivity contribution >= 4 is 5.78 Å². The molecular weight excluding hydrogens is 138 g/mol. The van der Waals surface area contributed by atoms with Crippen LogP contribution >= 0.6 is 0 Å². The van der Waals surface area contributed by atoms with E-state index in [9.17, 15) is 4.79 Å². The van der Waals surface area contributed by atoms with Gasteiger partial charge in [-0.05, 0) is 19.3 Å². The zero-order valence-corrected chi connectivity index (χ0v) is 6.68. The highest BCUT2D eigenvalue weighted by Gasteiger charge is 2.21. The maximum Gasteiger partial charge on any atom is 0.176 e. The number of rotatable bonds is 0. The summed E-state index contributed by atoms with van der Waals surface area (Å²) in [4.78, 5) is 13.2. The standard InChI is InChI=1S/C9H13NO/c11-9-6-8-4-2-1-3-5-10(8)7-9/h6H,1-5,7H2. The van der Waals surface area contributed by atoms with Gasteiger partial charge in [0.1, 0.15) is 0 Å². The summed E-state index contributed by atoms with van der Waals surface area (Å²) in [6, 6.07) is 0. The molecule has 0 amide bonds. The van der Waals surface area contributed by atoms with Crippen LogP contribution in [-0.2, 0) is 4.79 Å². The second-order valence-electron chi connectivity index (χ2n) is 3.33. The van der Waals surface area contributed by atoms with E-state index in [0.29, 0.717) is 12.3 Å². The van der Waals surface area contributed by atoms with Crippen molar-refractivity contribution in [2.45, 2.75) is 25.7 Å². The van der Waals surface area contributed by atoms with Crippen LogP contribution in [0.1, 0.15) is 25.7 Å². The van der Waals surface area contributed by atoms with Crippen molar-refractivity contribution in [1.82, 2.24) is 4.90 Å². The van der Waals surface area contributed by atoms with Gasteiger partial charge in [0.05, 0.1) is 6.54 Å². The smallest absolute Gasteiger partial charge is 0.176 e. The molecule has 0 bridgehead atoms. The molecule has 0 spiro atoms. The predicted octanol–water partition coefficient (Wildman–Crippen LogP) is 1.33. The summed E-state index contributed by atoms with van der Waals surface area (Å²) in [7, 11) is 0. The van der Waals surface area contributed by atoms with Gasteiger partial charge >= 0.3 is 0 Å². The van der Waals surface area contributed by atoms with E-state index < -0.39 is 0 Å². The minimum absolute atomic E-state index is 0.293. The SMILES string of the molecule is O=C1C=C2CCCCCN2C1. The highest BCUT2D eigenvalue weighted by atomic mass is 16.1. The summed E-state index contributed by atoms with van der Waals surface area (Å²) in [5.74, 6) is 0.293. The maximum absolute atomic E-state index is 11.0. The number of hydrogen-bond acceptors (Lipinski definition) is 2. The molecule has 60 valence electrons. The molecule has 11 heavy (non-hydrogen) atoms. The molecule has 2 heteroatoms. The molecule has 2 heterocycles. The minimum Gasteiger partial charge on any atom is -0.367 e. The molecule has 1 saturated heterocycles. The number of carbonyl (C=O) groups is 1. The van der Waals surface area contributed by atoms with Crippen LogP contribution in [-0.4, -0.2) is 23.8 Å². The molecule has 0 aromatic heterocycles. The molecule has 0 aromatic carbocycles. The number of hydrogen-bond donors (Lipinski definition) is 0. The van der Waals surface area contributed by atoms with Crippen LogP contribution in [0.3, 0.4) is 0 Å². The molecule has 0 radical (unpaired) electrons. The lowest BCUT2D eigenvalue weighted by Crippen LogP contribution is -2.21. The first-order chi connectivity index (χ1) is 5.36. The van der Waals surface area contributed by atoms with Crippen LogP contribution in [0.2, 0.25) is 0 Å². The van der Waals surface area contributed by atoms with Crippen LogP contribution in [0.5, 0.6) is 0 Å². The second kappa shape index (κ2) is 2.68. The largest absolute Gasteiger partial charge is 0.367 e. The molecule has 0 aliphatic carbocycles. The van der Waals surface area contributed by atoms with Gasteiger partial charge in [0.15, 0.2) is 5.78 Å². The van der Waals surface area contributed by atoms with Gasteiger partial charge < -0.3 is 4.90 Å². The number of nitrogens with zero attached hydrogens (tertiary/aromatic N) is 1. The van der Waals surface area contributed by atoms with E-state index in [0.717, 1.165) is 13.0 Å². The van der Waals surface area contributed by atoms with Crippen LogP contribution in [0.15, 0.2) is 11.8 Å². The van der Waals surface area contributed by atoms with Crippen molar-refractivity contribution in [2.24, 2.45) is 0 Å². The van der Waals surface area contributed by atoms with Gasteiger partial charge in [-0.2, -0.15) is 0 Å². The fourth-order valence-corrected chi connectivity index (χ4v) is 1.85. The van der Waals surface area contributed by atoms with Crippen molar-refractivity contribution in [3.63, 3.8) is 0 Å². The zero-order valence-electron chi connectivity index (χ0n) is 6.68.